The second-order valence-corrected chi connectivity index (χ2v) is 3.76. The van der Waals surface area contributed by atoms with Gasteiger partial charge in [-0.05, 0) is 32.1 Å². The van der Waals surface area contributed by atoms with Crippen LogP contribution in [0.4, 0.5) is 0 Å². The molecule has 1 saturated heterocycles. The molecule has 64 valence electrons. The highest BCUT2D eigenvalue weighted by Crippen LogP contribution is 2.39. The Morgan fingerprint density at radius 3 is 2.91 bits per heavy atom. The molecule has 0 N–H and O–H groups in total. The first kappa shape index (κ1) is 7.56. The van der Waals surface area contributed by atoms with Gasteiger partial charge in [-0.25, -0.2) is 0 Å². The SMILES string of the molecule is COC1CCC2C[C@H](C)OC21. The Bertz CT molecular complexity index is 144. The van der Waals surface area contributed by atoms with Crippen molar-refractivity contribution in [3.8, 4) is 0 Å². The van der Waals surface area contributed by atoms with Crippen LogP contribution in [-0.2, 0) is 9.47 Å². The summed E-state index contributed by atoms with van der Waals surface area (Å²) in [6.07, 6.45) is 4.99. The largest absolute Gasteiger partial charge is 0.379 e. The van der Waals surface area contributed by atoms with Gasteiger partial charge >= 0.3 is 0 Å². The predicted molar refractivity (Wildman–Crippen MR) is 42.5 cm³/mol. The predicted octanol–water partition coefficient (Wildman–Crippen LogP) is 1.59. The van der Waals surface area contributed by atoms with Gasteiger partial charge in [-0.3, -0.25) is 0 Å². The van der Waals surface area contributed by atoms with Crippen LogP contribution in [-0.4, -0.2) is 25.4 Å². The molecule has 4 atom stereocenters. The van der Waals surface area contributed by atoms with Crippen molar-refractivity contribution in [2.45, 2.75) is 44.5 Å². The first-order valence-corrected chi connectivity index (χ1v) is 4.49. The third-order valence-electron chi connectivity index (χ3n) is 2.98. The van der Waals surface area contributed by atoms with Crippen LogP contribution < -0.4 is 0 Å². The second kappa shape index (κ2) is 2.76. The lowest BCUT2D eigenvalue weighted by molar-refractivity contribution is -0.0406. The van der Waals surface area contributed by atoms with E-state index in [1.807, 2.05) is 0 Å². The van der Waals surface area contributed by atoms with Gasteiger partial charge in [-0.2, -0.15) is 0 Å². The van der Waals surface area contributed by atoms with Crippen LogP contribution in [0.25, 0.3) is 0 Å². The fourth-order valence-corrected chi connectivity index (χ4v) is 2.46. The fourth-order valence-electron chi connectivity index (χ4n) is 2.46. The molecule has 2 fully saturated rings. The smallest absolute Gasteiger partial charge is 0.0869 e. The van der Waals surface area contributed by atoms with Gasteiger partial charge in [0.15, 0.2) is 0 Å². The molecule has 2 aliphatic rings. The zero-order chi connectivity index (χ0) is 7.84. The Kier molecular flexibility index (Phi) is 1.90. The van der Waals surface area contributed by atoms with Gasteiger partial charge in [0.2, 0.25) is 0 Å². The van der Waals surface area contributed by atoms with Crippen LogP contribution in [0.3, 0.4) is 0 Å². The van der Waals surface area contributed by atoms with E-state index in [2.05, 4.69) is 6.92 Å². The van der Waals surface area contributed by atoms with E-state index in [1.165, 1.54) is 19.3 Å². The molecular formula is C9H16O2. The molecule has 0 aromatic heterocycles. The number of hydrogen-bond acceptors (Lipinski definition) is 2. The highest BCUT2D eigenvalue weighted by atomic mass is 16.5. The number of rotatable bonds is 1. The third-order valence-corrected chi connectivity index (χ3v) is 2.98. The van der Waals surface area contributed by atoms with E-state index in [1.54, 1.807) is 7.11 Å². The molecule has 3 unspecified atom stereocenters. The summed E-state index contributed by atoms with van der Waals surface area (Å²) < 4.78 is 11.1. The Hall–Kier alpha value is -0.0800. The average molecular weight is 156 g/mol. The van der Waals surface area contributed by atoms with Crippen molar-refractivity contribution >= 4 is 0 Å². The molecule has 1 saturated carbocycles. The molecule has 1 aliphatic carbocycles. The lowest BCUT2D eigenvalue weighted by atomic mass is 10.0. The van der Waals surface area contributed by atoms with Crippen molar-refractivity contribution in [3.63, 3.8) is 0 Å². The Morgan fingerprint density at radius 2 is 2.18 bits per heavy atom. The molecule has 0 spiro atoms. The van der Waals surface area contributed by atoms with Crippen molar-refractivity contribution in [3.05, 3.63) is 0 Å². The summed E-state index contributed by atoms with van der Waals surface area (Å²) in [5.74, 6) is 0.787. The monoisotopic (exact) mass is 156 g/mol. The minimum Gasteiger partial charge on any atom is -0.379 e. The normalized spacial score (nSPS) is 49.6. The molecule has 2 heteroatoms. The van der Waals surface area contributed by atoms with E-state index in [-0.39, 0.29) is 0 Å². The molecule has 0 aromatic rings. The maximum Gasteiger partial charge on any atom is 0.0869 e. The van der Waals surface area contributed by atoms with E-state index in [0.717, 1.165) is 5.92 Å². The number of methoxy groups -OCH3 is 1. The van der Waals surface area contributed by atoms with Crippen LogP contribution in [0.5, 0.6) is 0 Å². The van der Waals surface area contributed by atoms with Crippen molar-refractivity contribution < 1.29 is 9.47 Å². The van der Waals surface area contributed by atoms with Crippen LogP contribution in [0, 0.1) is 5.92 Å². The quantitative estimate of drug-likeness (QED) is 0.574. The first-order valence-electron chi connectivity index (χ1n) is 4.49. The summed E-state index contributed by atoms with van der Waals surface area (Å²) in [4.78, 5) is 0. The molecule has 1 heterocycles. The molecule has 11 heavy (non-hydrogen) atoms. The minimum absolute atomic E-state index is 0.380. The fraction of sp³-hybridized carbons (Fsp3) is 1.00. The standard InChI is InChI=1S/C9H16O2/c1-6-5-7-3-4-8(10-2)9(7)11-6/h6-9H,3-5H2,1-2H3/t6-,7?,8?,9?/m0/s1. The average Bonchev–Trinajstić information content (AvgIpc) is 2.45. The van der Waals surface area contributed by atoms with Crippen molar-refractivity contribution in [2.75, 3.05) is 7.11 Å². The summed E-state index contributed by atoms with van der Waals surface area (Å²) in [5.41, 5.74) is 0. The van der Waals surface area contributed by atoms with Crippen LogP contribution >= 0.6 is 0 Å². The summed E-state index contributed by atoms with van der Waals surface area (Å²) in [6.45, 7) is 2.16. The van der Waals surface area contributed by atoms with Crippen LogP contribution in [0.2, 0.25) is 0 Å². The van der Waals surface area contributed by atoms with E-state index < -0.39 is 0 Å². The van der Waals surface area contributed by atoms with Gasteiger partial charge in [-0.15, -0.1) is 0 Å². The van der Waals surface area contributed by atoms with E-state index in [9.17, 15) is 0 Å². The molecule has 0 bridgehead atoms. The first-order chi connectivity index (χ1) is 5.31. The second-order valence-electron chi connectivity index (χ2n) is 3.76. The molecule has 0 radical (unpaired) electrons. The van der Waals surface area contributed by atoms with E-state index >= 15 is 0 Å². The van der Waals surface area contributed by atoms with Gasteiger partial charge in [0, 0.05) is 7.11 Å². The number of ether oxygens (including phenoxy) is 2. The van der Waals surface area contributed by atoms with Gasteiger partial charge < -0.3 is 9.47 Å². The van der Waals surface area contributed by atoms with E-state index in [4.69, 9.17) is 9.47 Å². The Balaban J connectivity index is 2.01. The maximum absolute atomic E-state index is 5.76. The van der Waals surface area contributed by atoms with Crippen LogP contribution in [0.1, 0.15) is 26.2 Å². The Labute approximate surface area is 67.9 Å². The number of fused-ring (bicyclic) bond motifs is 1. The molecule has 2 rings (SSSR count). The lowest BCUT2D eigenvalue weighted by Crippen LogP contribution is -2.25. The lowest BCUT2D eigenvalue weighted by Gasteiger charge is -2.16. The van der Waals surface area contributed by atoms with E-state index in [0.29, 0.717) is 18.3 Å². The third kappa shape index (κ3) is 1.18. The van der Waals surface area contributed by atoms with Gasteiger partial charge in [-0.1, -0.05) is 0 Å². The summed E-state index contributed by atoms with van der Waals surface area (Å²) >= 11 is 0. The van der Waals surface area contributed by atoms with Gasteiger partial charge in [0.25, 0.3) is 0 Å². The zero-order valence-electron chi connectivity index (χ0n) is 7.25. The highest BCUT2D eigenvalue weighted by molar-refractivity contribution is 4.92. The molecule has 0 aromatic carbocycles. The summed E-state index contributed by atoms with van der Waals surface area (Å²) in [7, 11) is 1.79. The van der Waals surface area contributed by atoms with Crippen LogP contribution in [0.15, 0.2) is 0 Å². The topological polar surface area (TPSA) is 18.5 Å². The summed E-state index contributed by atoms with van der Waals surface area (Å²) in [5, 5.41) is 0. The minimum atomic E-state index is 0.380. The van der Waals surface area contributed by atoms with Crippen molar-refractivity contribution in [2.24, 2.45) is 5.92 Å². The van der Waals surface area contributed by atoms with Gasteiger partial charge in [0.1, 0.15) is 0 Å². The van der Waals surface area contributed by atoms with Crippen molar-refractivity contribution in [1.29, 1.82) is 0 Å². The summed E-state index contributed by atoms with van der Waals surface area (Å²) in [6, 6.07) is 0. The van der Waals surface area contributed by atoms with Crippen molar-refractivity contribution in [1.82, 2.24) is 0 Å². The Morgan fingerprint density at radius 1 is 1.36 bits per heavy atom. The molecular weight excluding hydrogens is 140 g/mol. The maximum atomic E-state index is 5.76. The molecule has 0 amide bonds. The molecule has 1 aliphatic heterocycles. The molecule has 2 nitrogen and oxygen atoms in total. The zero-order valence-corrected chi connectivity index (χ0v) is 7.25. The van der Waals surface area contributed by atoms with Gasteiger partial charge in [0.05, 0.1) is 18.3 Å². The highest BCUT2D eigenvalue weighted by Gasteiger charge is 2.43. The number of hydrogen-bond donors (Lipinski definition) is 0.